The van der Waals surface area contributed by atoms with Crippen LogP contribution < -0.4 is 11.1 Å². The molecule has 1 aromatic rings. The van der Waals surface area contributed by atoms with Gasteiger partial charge in [-0.15, -0.1) is 0 Å². The van der Waals surface area contributed by atoms with Crippen molar-refractivity contribution in [2.24, 2.45) is 17.1 Å². The van der Waals surface area contributed by atoms with Gasteiger partial charge in [-0.3, -0.25) is 14.9 Å². The largest absolute Gasteiger partial charge is 0.377 e. The molecule has 4 unspecified atom stereocenters. The number of rotatable bonds is 4. The number of non-ortho nitro benzene ring substituents is 1. The van der Waals surface area contributed by atoms with Gasteiger partial charge in [0.15, 0.2) is 0 Å². The van der Waals surface area contributed by atoms with Crippen LogP contribution in [0, 0.1) is 21.4 Å². The molecule has 25 heavy (non-hydrogen) atoms. The molecule has 1 saturated carbocycles. The zero-order chi connectivity index (χ0) is 18.4. The smallest absolute Gasteiger partial charge is 0.269 e. The molecule has 0 aromatic heterocycles. The topological polar surface area (TPSA) is 107 Å². The van der Waals surface area contributed by atoms with E-state index >= 15 is 0 Å². The minimum absolute atomic E-state index is 0.00474. The van der Waals surface area contributed by atoms with Crippen molar-refractivity contribution in [2.45, 2.75) is 51.3 Å². The maximum Gasteiger partial charge on any atom is 0.269 e. The summed E-state index contributed by atoms with van der Waals surface area (Å²) in [5.74, 6) is -0.211. The fraction of sp³-hybridized carbons (Fsp3) is 0.611. The highest BCUT2D eigenvalue weighted by Gasteiger charge is 2.70. The number of nitrogens with zero attached hydrogens (tertiary/aromatic N) is 1. The number of nitro groups is 1. The van der Waals surface area contributed by atoms with Crippen LogP contribution in [0.25, 0.3) is 0 Å². The van der Waals surface area contributed by atoms with E-state index in [0.717, 1.165) is 12.8 Å². The summed E-state index contributed by atoms with van der Waals surface area (Å²) in [7, 11) is 0. The lowest BCUT2D eigenvalue weighted by Gasteiger charge is -2.65. The van der Waals surface area contributed by atoms with Gasteiger partial charge in [-0.05, 0) is 25.3 Å². The predicted molar refractivity (Wildman–Crippen MR) is 92.8 cm³/mol. The van der Waals surface area contributed by atoms with Crippen molar-refractivity contribution >= 4 is 11.6 Å². The van der Waals surface area contributed by atoms with Gasteiger partial charge in [0.25, 0.3) is 5.69 Å². The van der Waals surface area contributed by atoms with Crippen molar-refractivity contribution in [1.29, 1.82) is 0 Å². The molecule has 2 fully saturated rings. The first-order chi connectivity index (χ1) is 11.7. The number of nitrogens with two attached hydrogens (primary N) is 1. The monoisotopic (exact) mass is 347 g/mol. The summed E-state index contributed by atoms with van der Waals surface area (Å²) in [5.41, 5.74) is 5.82. The van der Waals surface area contributed by atoms with E-state index in [1.54, 1.807) is 19.1 Å². The molecule has 0 bridgehead atoms. The lowest BCUT2D eigenvalue weighted by molar-refractivity contribution is -0.384. The van der Waals surface area contributed by atoms with Crippen LogP contribution in [0.1, 0.15) is 45.2 Å². The lowest BCUT2D eigenvalue weighted by atomic mass is 9.46. The Bertz CT molecular complexity index is 705. The molecule has 1 aliphatic carbocycles. The SMILES string of the molecule is CC(NC(=O)C1(N)C2CCCOC2C1(C)C)c1cccc([N+](=O)[O-])c1. The minimum atomic E-state index is -0.993. The third kappa shape index (κ3) is 2.62. The van der Waals surface area contributed by atoms with Crippen molar-refractivity contribution in [2.75, 3.05) is 6.61 Å². The van der Waals surface area contributed by atoms with Crippen molar-refractivity contribution in [3.05, 3.63) is 39.9 Å². The summed E-state index contributed by atoms with van der Waals surface area (Å²) < 4.78 is 5.83. The summed E-state index contributed by atoms with van der Waals surface area (Å²) in [6, 6.07) is 5.92. The van der Waals surface area contributed by atoms with E-state index in [4.69, 9.17) is 10.5 Å². The Morgan fingerprint density at radius 1 is 1.48 bits per heavy atom. The molecule has 1 aromatic carbocycles. The van der Waals surface area contributed by atoms with Crippen molar-refractivity contribution in [3.63, 3.8) is 0 Å². The van der Waals surface area contributed by atoms with Gasteiger partial charge in [0.1, 0.15) is 5.54 Å². The molecule has 3 rings (SSSR count). The molecule has 4 atom stereocenters. The van der Waals surface area contributed by atoms with Gasteiger partial charge in [-0.2, -0.15) is 0 Å². The number of hydrogen-bond acceptors (Lipinski definition) is 5. The average Bonchev–Trinajstić information content (AvgIpc) is 2.60. The third-order valence-electron chi connectivity index (χ3n) is 5.99. The van der Waals surface area contributed by atoms with E-state index in [1.807, 2.05) is 13.8 Å². The summed E-state index contributed by atoms with van der Waals surface area (Å²) >= 11 is 0. The number of carbonyl (C=O) groups excluding carboxylic acids is 1. The van der Waals surface area contributed by atoms with Gasteiger partial charge in [-0.25, -0.2) is 0 Å². The van der Waals surface area contributed by atoms with Crippen LogP contribution in [0.15, 0.2) is 24.3 Å². The summed E-state index contributed by atoms with van der Waals surface area (Å²) in [6.45, 7) is 6.46. The van der Waals surface area contributed by atoms with Crippen LogP contribution in [-0.4, -0.2) is 29.1 Å². The minimum Gasteiger partial charge on any atom is -0.377 e. The third-order valence-corrected chi connectivity index (χ3v) is 5.99. The van der Waals surface area contributed by atoms with Crippen molar-refractivity contribution in [3.8, 4) is 0 Å². The Hall–Kier alpha value is -1.99. The predicted octanol–water partition coefficient (Wildman–Crippen LogP) is 2.30. The Morgan fingerprint density at radius 3 is 2.88 bits per heavy atom. The van der Waals surface area contributed by atoms with Crippen LogP contribution in [0.5, 0.6) is 0 Å². The zero-order valence-corrected chi connectivity index (χ0v) is 14.8. The number of nitrogens with one attached hydrogen (secondary N) is 1. The maximum absolute atomic E-state index is 13.0. The molecule has 1 aliphatic heterocycles. The van der Waals surface area contributed by atoms with Gasteiger partial charge >= 0.3 is 0 Å². The molecule has 136 valence electrons. The van der Waals surface area contributed by atoms with Crippen LogP contribution in [0.4, 0.5) is 5.69 Å². The summed E-state index contributed by atoms with van der Waals surface area (Å²) in [4.78, 5) is 23.5. The highest BCUT2D eigenvalue weighted by atomic mass is 16.6. The molecule has 7 nitrogen and oxygen atoms in total. The number of benzene rings is 1. The van der Waals surface area contributed by atoms with Gasteiger partial charge in [-0.1, -0.05) is 26.0 Å². The molecule has 2 aliphatic rings. The highest BCUT2D eigenvalue weighted by molar-refractivity contribution is 5.89. The zero-order valence-electron chi connectivity index (χ0n) is 14.8. The second-order valence-electron chi connectivity index (χ2n) is 7.68. The molecule has 7 heteroatoms. The Labute approximate surface area is 147 Å². The van der Waals surface area contributed by atoms with Crippen LogP contribution in [0.3, 0.4) is 0 Å². The van der Waals surface area contributed by atoms with E-state index in [1.165, 1.54) is 12.1 Å². The van der Waals surface area contributed by atoms with E-state index in [9.17, 15) is 14.9 Å². The van der Waals surface area contributed by atoms with E-state index in [0.29, 0.717) is 12.2 Å². The van der Waals surface area contributed by atoms with E-state index < -0.39 is 15.9 Å². The standard InChI is InChI=1S/C18H25N3O4/c1-11(12-6-4-7-13(10-12)21(23)24)20-16(22)18(19)14-8-5-9-25-15(14)17(18,2)3/h4,6-7,10-11,14-15H,5,8-9,19H2,1-3H3,(H,20,22). The molecule has 3 N–H and O–H groups in total. The average molecular weight is 347 g/mol. The van der Waals surface area contributed by atoms with Gasteiger partial charge < -0.3 is 15.8 Å². The Morgan fingerprint density at radius 2 is 2.20 bits per heavy atom. The second-order valence-corrected chi connectivity index (χ2v) is 7.68. The molecule has 1 heterocycles. The number of hydrogen-bond donors (Lipinski definition) is 2. The number of fused-ring (bicyclic) bond motifs is 1. The number of amides is 1. The fourth-order valence-electron chi connectivity index (χ4n) is 4.34. The first kappa shape index (κ1) is 17.8. The summed E-state index contributed by atoms with van der Waals surface area (Å²) in [6.07, 6.45) is 1.79. The Kier molecular flexibility index (Phi) is 4.33. The molecule has 0 spiro atoms. The first-order valence-corrected chi connectivity index (χ1v) is 8.65. The quantitative estimate of drug-likeness (QED) is 0.642. The normalized spacial score (nSPS) is 31.4. The molecular formula is C18H25N3O4. The number of nitro benzene ring substituents is 1. The first-order valence-electron chi connectivity index (χ1n) is 8.65. The van der Waals surface area contributed by atoms with Crippen molar-refractivity contribution < 1.29 is 14.5 Å². The van der Waals surface area contributed by atoms with Crippen LogP contribution >= 0.6 is 0 Å². The van der Waals surface area contributed by atoms with Crippen molar-refractivity contribution in [1.82, 2.24) is 5.32 Å². The van der Waals surface area contributed by atoms with Gasteiger partial charge in [0.05, 0.1) is 17.1 Å². The van der Waals surface area contributed by atoms with E-state index in [2.05, 4.69) is 5.32 Å². The fourth-order valence-corrected chi connectivity index (χ4v) is 4.34. The molecule has 1 amide bonds. The maximum atomic E-state index is 13.0. The summed E-state index contributed by atoms with van der Waals surface area (Å²) in [5, 5.41) is 13.9. The van der Waals surface area contributed by atoms with Gasteiger partial charge in [0.2, 0.25) is 5.91 Å². The lowest BCUT2D eigenvalue weighted by Crippen LogP contribution is -2.82. The molecule has 1 saturated heterocycles. The second kappa shape index (κ2) is 6.07. The van der Waals surface area contributed by atoms with Crippen LogP contribution in [0.2, 0.25) is 0 Å². The van der Waals surface area contributed by atoms with Gasteiger partial charge in [0, 0.05) is 30.1 Å². The number of carbonyl (C=O) groups is 1. The van der Waals surface area contributed by atoms with Crippen LogP contribution in [-0.2, 0) is 9.53 Å². The number of ether oxygens (including phenoxy) is 1. The Balaban J connectivity index is 1.77. The molecular weight excluding hydrogens is 322 g/mol. The van der Waals surface area contributed by atoms with E-state index in [-0.39, 0.29) is 29.7 Å². The highest BCUT2D eigenvalue weighted by Crippen LogP contribution is 2.57. The molecule has 0 radical (unpaired) electrons.